The van der Waals surface area contributed by atoms with E-state index >= 15 is 0 Å². The highest BCUT2D eigenvalue weighted by Crippen LogP contribution is 2.30. The Balaban J connectivity index is 3.05. The summed E-state index contributed by atoms with van der Waals surface area (Å²) in [6, 6.07) is 5.31. The molecule has 16 heavy (non-hydrogen) atoms. The average Bonchev–Trinajstić information content (AvgIpc) is 2.19. The van der Waals surface area contributed by atoms with E-state index in [4.69, 9.17) is 0 Å². The molecule has 0 aliphatic heterocycles. The number of rotatable bonds is 4. The number of aldehydes is 1. The standard InChI is InChI=1S/C12H15NO2S/c1-8(2)16-12-5-4-10(7-14)6-11(12)13-9(3)15/h4-8H,1-3H3,(H,13,15). The summed E-state index contributed by atoms with van der Waals surface area (Å²) in [5.74, 6) is -0.131. The summed E-state index contributed by atoms with van der Waals surface area (Å²) in [7, 11) is 0. The first-order valence-corrected chi connectivity index (χ1v) is 5.94. The van der Waals surface area contributed by atoms with Gasteiger partial charge in [0.15, 0.2) is 0 Å². The molecule has 86 valence electrons. The minimum atomic E-state index is -0.131. The molecule has 4 heteroatoms. The van der Waals surface area contributed by atoms with E-state index in [-0.39, 0.29) is 5.91 Å². The van der Waals surface area contributed by atoms with Gasteiger partial charge >= 0.3 is 0 Å². The second-order valence-corrected chi connectivity index (χ2v) is 5.34. The van der Waals surface area contributed by atoms with E-state index in [2.05, 4.69) is 19.2 Å². The molecule has 0 bridgehead atoms. The molecule has 1 rings (SSSR count). The van der Waals surface area contributed by atoms with Crippen LogP contribution in [0.1, 0.15) is 31.1 Å². The highest BCUT2D eigenvalue weighted by atomic mass is 32.2. The predicted molar refractivity (Wildman–Crippen MR) is 67.1 cm³/mol. The van der Waals surface area contributed by atoms with Gasteiger partial charge in [0, 0.05) is 22.6 Å². The van der Waals surface area contributed by atoms with Crippen molar-refractivity contribution in [2.45, 2.75) is 30.9 Å². The lowest BCUT2D eigenvalue weighted by atomic mass is 10.2. The van der Waals surface area contributed by atoms with Crippen molar-refractivity contribution in [1.29, 1.82) is 0 Å². The van der Waals surface area contributed by atoms with Gasteiger partial charge in [0.25, 0.3) is 0 Å². The van der Waals surface area contributed by atoms with Crippen LogP contribution in [0.3, 0.4) is 0 Å². The van der Waals surface area contributed by atoms with Crippen LogP contribution in [0.25, 0.3) is 0 Å². The van der Waals surface area contributed by atoms with Crippen molar-refractivity contribution in [2.75, 3.05) is 5.32 Å². The lowest BCUT2D eigenvalue weighted by Crippen LogP contribution is -2.07. The van der Waals surface area contributed by atoms with E-state index in [1.165, 1.54) is 6.92 Å². The van der Waals surface area contributed by atoms with Gasteiger partial charge in [-0.05, 0) is 12.1 Å². The van der Waals surface area contributed by atoms with Gasteiger partial charge in [0.05, 0.1) is 5.69 Å². The van der Waals surface area contributed by atoms with Crippen molar-refractivity contribution in [1.82, 2.24) is 0 Å². The lowest BCUT2D eigenvalue weighted by Gasteiger charge is -2.11. The molecule has 1 aromatic carbocycles. The summed E-state index contributed by atoms with van der Waals surface area (Å²) in [4.78, 5) is 22.7. The van der Waals surface area contributed by atoms with Crippen LogP contribution in [0.2, 0.25) is 0 Å². The maximum absolute atomic E-state index is 11.0. The van der Waals surface area contributed by atoms with Crippen molar-refractivity contribution in [3.8, 4) is 0 Å². The Labute approximate surface area is 99.6 Å². The van der Waals surface area contributed by atoms with Crippen molar-refractivity contribution in [3.05, 3.63) is 23.8 Å². The molecule has 3 nitrogen and oxygen atoms in total. The monoisotopic (exact) mass is 237 g/mol. The van der Waals surface area contributed by atoms with E-state index in [1.807, 2.05) is 6.07 Å². The van der Waals surface area contributed by atoms with Gasteiger partial charge < -0.3 is 5.32 Å². The number of benzene rings is 1. The summed E-state index contributed by atoms with van der Waals surface area (Å²) >= 11 is 1.66. The Hall–Kier alpha value is -1.29. The number of hydrogen-bond acceptors (Lipinski definition) is 3. The number of carbonyl (C=O) groups is 2. The second-order valence-electron chi connectivity index (χ2n) is 3.72. The third-order valence-corrected chi connectivity index (χ3v) is 2.89. The van der Waals surface area contributed by atoms with E-state index in [1.54, 1.807) is 23.9 Å². The fourth-order valence-electron chi connectivity index (χ4n) is 1.26. The summed E-state index contributed by atoms with van der Waals surface area (Å²) in [6.07, 6.45) is 0.773. The molecule has 1 aromatic rings. The molecule has 0 spiro atoms. The Morgan fingerprint density at radius 2 is 2.12 bits per heavy atom. The molecule has 0 aromatic heterocycles. The van der Waals surface area contributed by atoms with Crippen LogP contribution in [-0.2, 0) is 4.79 Å². The van der Waals surface area contributed by atoms with Gasteiger partial charge in [-0.2, -0.15) is 0 Å². The zero-order chi connectivity index (χ0) is 12.1. The first kappa shape index (κ1) is 12.8. The summed E-state index contributed by atoms with van der Waals surface area (Å²) in [5.41, 5.74) is 1.27. The van der Waals surface area contributed by atoms with Gasteiger partial charge in [-0.3, -0.25) is 9.59 Å². The molecule has 0 aliphatic rings. The van der Waals surface area contributed by atoms with E-state index in [0.717, 1.165) is 11.2 Å². The number of carbonyl (C=O) groups excluding carboxylic acids is 2. The van der Waals surface area contributed by atoms with E-state index in [0.29, 0.717) is 16.5 Å². The highest BCUT2D eigenvalue weighted by Gasteiger charge is 2.07. The molecule has 0 saturated carbocycles. The smallest absolute Gasteiger partial charge is 0.221 e. The summed E-state index contributed by atoms with van der Waals surface area (Å²) in [5, 5.41) is 3.16. The molecule has 0 heterocycles. The average molecular weight is 237 g/mol. The number of hydrogen-bond donors (Lipinski definition) is 1. The molecule has 0 atom stereocenters. The Kier molecular flexibility index (Phi) is 4.55. The molecule has 1 amide bonds. The molecule has 0 fully saturated rings. The number of amides is 1. The number of nitrogens with one attached hydrogen (secondary N) is 1. The quantitative estimate of drug-likeness (QED) is 0.647. The van der Waals surface area contributed by atoms with Crippen molar-refractivity contribution >= 4 is 29.6 Å². The van der Waals surface area contributed by atoms with Crippen LogP contribution in [-0.4, -0.2) is 17.4 Å². The zero-order valence-corrected chi connectivity index (χ0v) is 10.4. The van der Waals surface area contributed by atoms with Crippen molar-refractivity contribution in [2.24, 2.45) is 0 Å². The van der Waals surface area contributed by atoms with Gasteiger partial charge in [-0.25, -0.2) is 0 Å². The maximum Gasteiger partial charge on any atom is 0.221 e. The molecule has 0 aliphatic carbocycles. The molecule has 0 saturated heterocycles. The minimum Gasteiger partial charge on any atom is -0.325 e. The summed E-state index contributed by atoms with van der Waals surface area (Å²) in [6.45, 7) is 5.61. The van der Waals surface area contributed by atoms with Gasteiger partial charge in [-0.15, -0.1) is 11.8 Å². The largest absolute Gasteiger partial charge is 0.325 e. The minimum absolute atomic E-state index is 0.131. The fourth-order valence-corrected chi connectivity index (χ4v) is 2.16. The van der Waals surface area contributed by atoms with Gasteiger partial charge in [-0.1, -0.05) is 19.9 Å². The van der Waals surface area contributed by atoms with Crippen LogP contribution in [0.4, 0.5) is 5.69 Å². The van der Waals surface area contributed by atoms with Crippen molar-refractivity contribution in [3.63, 3.8) is 0 Å². The van der Waals surface area contributed by atoms with E-state index in [9.17, 15) is 9.59 Å². The Morgan fingerprint density at radius 1 is 1.44 bits per heavy atom. The third kappa shape index (κ3) is 3.70. The Bertz CT molecular complexity index is 402. The molecule has 1 N–H and O–H groups in total. The van der Waals surface area contributed by atoms with Crippen LogP contribution < -0.4 is 5.32 Å². The van der Waals surface area contributed by atoms with E-state index < -0.39 is 0 Å². The first-order chi connectivity index (χ1) is 7.52. The molecular formula is C12H15NO2S. The first-order valence-electron chi connectivity index (χ1n) is 5.06. The van der Waals surface area contributed by atoms with Gasteiger partial charge in [0.2, 0.25) is 5.91 Å². The summed E-state index contributed by atoms with van der Waals surface area (Å²) < 4.78 is 0. The second kappa shape index (κ2) is 5.70. The highest BCUT2D eigenvalue weighted by molar-refractivity contribution is 8.00. The zero-order valence-electron chi connectivity index (χ0n) is 9.61. The Morgan fingerprint density at radius 3 is 2.62 bits per heavy atom. The van der Waals surface area contributed by atoms with Crippen LogP contribution in [0.15, 0.2) is 23.1 Å². The topological polar surface area (TPSA) is 46.2 Å². The maximum atomic E-state index is 11.0. The van der Waals surface area contributed by atoms with Crippen molar-refractivity contribution < 1.29 is 9.59 Å². The number of anilines is 1. The molecular weight excluding hydrogens is 222 g/mol. The normalized spacial score (nSPS) is 10.2. The fraction of sp³-hybridized carbons (Fsp3) is 0.333. The van der Waals surface area contributed by atoms with Crippen LogP contribution in [0, 0.1) is 0 Å². The number of thioether (sulfide) groups is 1. The van der Waals surface area contributed by atoms with Gasteiger partial charge in [0.1, 0.15) is 6.29 Å². The molecule has 0 radical (unpaired) electrons. The van der Waals surface area contributed by atoms with Crippen LogP contribution in [0.5, 0.6) is 0 Å². The third-order valence-electron chi connectivity index (χ3n) is 1.81. The van der Waals surface area contributed by atoms with Crippen LogP contribution >= 0.6 is 11.8 Å². The SMILES string of the molecule is CC(=O)Nc1cc(C=O)ccc1SC(C)C. The predicted octanol–water partition coefficient (Wildman–Crippen LogP) is 2.96. The lowest BCUT2D eigenvalue weighted by molar-refractivity contribution is -0.114. The molecule has 0 unspecified atom stereocenters.